The predicted molar refractivity (Wildman–Crippen MR) is 157 cm³/mol. The van der Waals surface area contributed by atoms with Gasteiger partial charge in [0.05, 0.1) is 6.61 Å². The van der Waals surface area contributed by atoms with Crippen molar-refractivity contribution in [3.05, 3.63) is 54.1 Å². The van der Waals surface area contributed by atoms with E-state index in [1.165, 1.54) is 11.1 Å². The van der Waals surface area contributed by atoms with Crippen LogP contribution in [0.5, 0.6) is 0 Å². The van der Waals surface area contributed by atoms with E-state index < -0.39 is 8.32 Å². The molecule has 0 saturated carbocycles. The van der Waals surface area contributed by atoms with Crippen molar-refractivity contribution >= 4 is 26.5 Å². The molecule has 1 aromatic carbocycles. The predicted octanol–water partition coefficient (Wildman–Crippen LogP) is 6.79. The van der Waals surface area contributed by atoms with Crippen molar-refractivity contribution in [2.24, 2.45) is 0 Å². The van der Waals surface area contributed by atoms with Gasteiger partial charge in [-0.25, -0.2) is 0 Å². The van der Waals surface area contributed by atoms with Crippen molar-refractivity contribution in [1.29, 1.82) is 0 Å². The number of rotatable bonds is 13. The van der Waals surface area contributed by atoms with E-state index in [0.29, 0.717) is 35.1 Å². The van der Waals surface area contributed by atoms with E-state index in [1.807, 2.05) is 24.9 Å². The number of benzene rings is 1. The first-order valence-electron chi connectivity index (χ1n) is 13.7. The summed E-state index contributed by atoms with van der Waals surface area (Å²) in [5, 5.41) is 12.2. The molecule has 1 aliphatic rings. The zero-order chi connectivity index (χ0) is 27.2. The second kappa shape index (κ2) is 12.9. The number of ether oxygens (including phenoxy) is 1. The average molecular weight is 526 g/mol. The first-order valence-corrected chi connectivity index (χ1v) is 15.8. The molecule has 1 heterocycles. The lowest BCUT2D eigenvalue weighted by Gasteiger charge is -2.42. The number of hydrogen-bond acceptors (Lipinski definition) is 6. The van der Waals surface area contributed by atoms with Crippen LogP contribution in [-0.4, -0.2) is 50.3 Å². The maximum absolute atomic E-state index is 6.76. The van der Waals surface area contributed by atoms with Crippen molar-refractivity contribution in [2.45, 2.75) is 83.2 Å². The summed E-state index contributed by atoms with van der Waals surface area (Å²) in [5.74, 6) is 1.42. The van der Waals surface area contributed by atoms with Gasteiger partial charge in [0.25, 0.3) is 0 Å². The summed E-state index contributed by atoms with van der Waals surface area (Å²) < 4.78 is 14.9. The van der Waals surface area contributed by atoms with E-state index in [-0.39, 0.29) is 6.10 Å². The van der Waals surface area contributed by atoms with Gasteiger partial charge in [-0.1, -0.05) is 72.4 Å². The molecule has 3 rings (SSSR count). The van der Waals surface area contributed by atoms with Gasteiger partial charge in [-0.3, -0.25) is 4.57 Å². The van der Waals surface area contributed by atoms with Crippen LogP contribution in [0.25, 0.3) is 12.3 Å². The molecule has 0 bridgehead atoms. The minimum atomic E-state index is -1.91. The number of fused-ring (bicyclic) bond motifs is 1. The highest BCUT2D eigenvalue weighted by Gasteiger charge is 2.44. The lowest BCUT2D eigenvalue weighted by Crippen LogP contribution is -2.49. The number of nitrogens with one attached hydrogen (secondary N) is 1. The van der Waals surface area contributed by atoms with Gasteiger partial charge < -0.3 is 19.4 Å². The standard InChI is InChI=1S/C29H47N5O2Si/c1-10-28-31-32-29(33(9)17-20-36-37(21(2)3,22(4)5)23(6)7)34(28)18-19-35-27-16-15-26(30-8)24-13-11-12-14-25(24)27/h10-14,18-19,21-23,26-27,30H,1,15-17,20H2,2-9H3/b19-18+/t26-,27?/m0/s1. The summed E-state index contributed by atoms with van der Waals surface area (Å²) in [6.07, 6.45) is 7.40. The molecule has 1 unspecified atom stereocenters. The Morgan fingerprint density at radius 1 is 1.08 bits per heavy atom. The highest BCUT2D eigenvalue weighted by molar-refractivity contribution is 6.77. The Morgan fingerprint density at radius 3 is 2.32 bits per heavy atom. The molecule has 0 saturated heterocycles. The molecule has 1 aromatic heterocycles. The molecule has 0 spiro atoms. The van der Waals surface area contributed by atoms with Crippen LogP contribution in [0.2, 0.25) is 16.6 Å². The van der Waals surface area contributed by atoms with E-state index in [9.17, 15) is 0 Å². The van der Waals surface area contributed by atoms with Crippen molar-refractivity contribution in [1.82, 2.24) is 20.1 Å². The van der Waals surface area contributed by atoms with Gasteiger partial charge in [0.2, 0.25) is 5.95 Å². The summed E-state index contributed by atoms with van der Waals surface area (Å²) in [5.41, 5.74) is 4.23. The molecule has 204 valence electrons. The van der Waals surface area contributed by atoms with Gasteiger partial charge in [0, 0.05) is 25.8 Å². The third-order valence-electron chi connectivity index (χ3n) is 7.95. The Balaban J connectivity index is 1.71. The first-order chi connectivity index (χ1) is 17.7. The molecule has 1 aliphatic carbocycles. The molecule has 0 aliphatic heterocycles. The SMILES string of the molecule is C=Cc1nnc(N(C)CCO[Si](C(C)C)(C(C)C)C(C)C)n1/C=C/OC1CC[C@H](NC)c2ccccc21. The third-order valence-corrected chi connectivity index (χ3v) is 14.1. The van der Waals surface area contributed by atoms with Crippen molar-refractivity contribution in [3.8, 4) is 0 Å². The summed E-state index contributed by atoms with van der Waals surface area (Å²) in [7, 11) is 2.14. The lowest BCUT2D eigenvalue weighted by atomic mass is 9.86. The van der Waals surface area contributed by atoms with Gasteiger partial charge in [-0.05, 0) is 53.7 Å². The average Bonchev–Trinajstić information content (AvgIpc) is 3.28. The number of nitrogens with zero attached hydrogens (tertiary/aromatic N) is 4. The van der Waals surface area contributed by atoms with Gasteiger partial charge in [-0.15, -0.1) is 10.2 Å². The largest absolute Gasteiger partial charge is 0.492 e. The number of anilines is 1. The zero-order valence-corrected chi connectivity index (χ0v) is 25.1. The molecular formula is C29H47N5O2Si. The van der Waals surface area contributed by atoms with Gasteiger partial charge in [0.15, 0.2) is 14.1 Å². The quantitative estimate of drug-likeness (QED) is 0.229. The Morgan fingerprint density at radius 2 is 1.73 bits per heavy atom. The third kappa shape index (κ3) is 6.18. The van der Waals surface area contributed by atoms with E-state index in [4.69, 9.17) is 9.16 Å². The molecule has 8 heteroatoms. The number of aromatic nitrogens is 3. The number of likely N-dealkylation sites (N-methyl/N-ethyl adjacent to an activating group) is 1. The second-order valence-corrected chi connectivity index (χ2v) is 16.4. The molecule has 0 radical (unpaired) electrons. The van der Waals surface area contributed by atoms with E-state index >= 15 is 0 Å². The molecule has 0 amide bonds. The summed E-state index contributed by atoms with van der Waals surface area (Å²) in [6, 6.07) is 8.90. The first kappa shape index (κ1) is 29.1. The fourth-order valence-electron chi connectivity index (χ4n) is 6.18. The van der Waals surface area contributed by atoms with Crippen molar-refractivity contribution in [2.75, 3.05) is 32.1 Å². The molecule has 2 atom stereocenters. The number of hydrogen-bond donors (Lipinski definition) is 1. The summed E-state index contributed by atoms with van der Waals surface area (Å²) in [4.78, 5) is 2.10. The van der Waals surface area contributed by atoms with Crippen LogP contribution in [0.3, 0.4) is 0 Å². The monoisotopic (exact) mass is 525 g/mol. The van der Waals surface area contributed by atoms with Crippen LogP contribution in [0, 0.1) is 0 Å². The van der Waals surface area contributed by atoms with Crippen LogP contribution in [0.15, 0.2) is 37.1 Å². The van der Waals surface area contributed by atoms with Crippen LogP contribution in [0.1, 0.15) is 83.5 Å². The zero-order valence-electron chi connectivity index (χ0n) is 24.1. The summed E-state index contributed by atoms with van der Waals surface area (Å²) >= 11 is 0. The van der Waals surface area contributed by atoms with Crippen molar-refractivity contribution in [3.63, 3.8) is 0 Å². The van der Waals surface area contributed by atoms with E-state index in [2.05, 4.69) is 92.8 Å². The van der Waals surface area contributed by atoms with E-state index in [1.54, 1.807) is 12.3 Å². The Hall–Kier alpha value is -2.42. The molecule has 37 heavy (non-hydrogen) atoms. The van der Waals surface area contributed by atoms with Gasteiger partial charge in [0.1, 0.15) is 12.4 Å². The highest BCUT2D eigenvalue weighted by Crippen LogP contribution is 2.42. The molecule has 0 fully saturated rings. The van der Waals surface area contributed by atoms with Crippen LogP contribution < -0.4 is 10.2 Å². The Bertz CT molecular complexity index is 1030. The maximum atomic E-state index is 6.76. The normalized spacial score (nSPS) is 18.1. The molecule has 7 nitrogen and oxygen atoms in total. The Kier molecular flexibility index (Phi) is 10.2. The van der Waals surface area contributed by atoms with E-state index in [0.717, 1.165) is 25.3 Å². The lowest BCUT2D eigenvalue weighted by molar-refractivity contribution is 0.122. The van der Waals surface area contributed by atoms with Crippen molar-refractivity contribution < 1.29 is 9.16 Å². The van der Waals surface area contributed by atoms with Crippen LogP contribution in [-0.2, 0) is 9.16 Å². The highest BCUT2D eigenvalue weighted by atomic mass is 28.4. The summed E-state index contributed by atoms with van der Waals surface area (Å²) in [6.45, 7) is 19.2. The van der Waals surface area contributed by atoms with Crippen LogP contribution >= 0.6 is 0 Å². The smallest absolute Gasteiger partial charge is 0.231 e. The fraction of sp³-hybridized carbons (Fsp3) is 0.586. The molecule has 2 aromatic rings. The molecule has 1 N–H and O–H groups in total. The second-order valence-electron chi connectivity index (χ2n) is 11.0. The van der Waals surface area contributed by atoms with Crippen LogP contribution in [0.4, 0.5) is 5.95 Å². The molecular weight excluding hydrogens is 478 g/mol. The van der Waals surface area contributed by atoms with Gasteiger partial charge >= 0.3 is 0 Å². The Labute approximate surface area is 225 Å². The topological polar surface area (TPSA) is 64.4 Å². The maximum Gasteiger partial charge on any atom is 0.231 e. The van der Waals surface area contributed by atoms with Gasteiger partial charge in [-0.2, -0.15) is 0 Å². The fourth-order valence-corrected chi connectivity index (χ4v) is 11.6. The minimum Gasteiger partial charge on any atom is -0.492 e. The minimum absolute atomic E-state index is 0.0245.